The van der Waals surface area contributed by atoms with Crippen molar-refractivity contribution < 1.29 is 27.1 Å². The smallest absolute Gasteiger partial charge is 0.451 e. The van der Waals surface area contributed by atoms with Gasteiger partial charge in [-0.05, 0) is 48.0 Å². The monoisotopic (exact) mass is 478 g/mol. The molecular weight excluding hydrogens is 461 g/mol. The predicted octanol–water partition coefficient (Wildman–Crippen LogP) is 5.95. The second kappa shape index (κ2) is 8.68. The van der Waals surface area contributed by atoms with Gasteiger partial charge in [0.05, 0.1) is 6.54 Å². The summed E-state index contributed by atoms with van der Waals surface area (Å²) in [7, 11) is 0. The Morgan fingerprint density at radius 1 is 0.943 bits per heavy atom. The number of anilines is 1. The molecule has 0 aliphatic heterocycles. The third kappa shape index (κ3) is 4.74. The molecule has 0 fully saturated rings. The van der Waals surface area contributed by atoms with Crippen molar-refractivity contribution >= 4 is 33.3 Å². The zero-order valence-corrected chi connectivity index (χ0v) is 18.0. The van der Waals surface area contributed by atoms with E-state index in [-0.39, 0.29) is 23.6 Å². The standard InChI is InChI=1S/C26H17F3N2O4/c27-26(28,29)35-18-10-8-16(9-11-18)15-31-13-12-19-20(25(31)33)5-3-6-21(19)30-24(32)23-14-17-4-1-2-7-22(17)34-23/h1-14H,15H2,(H,30,32). The van der Waals surface area contributed by atoms with E-state index < -0.39 is 12.3 Å². The minimum atomic E-state index is -4.77. The Kier molecular flexibility index (Phi) is 5.52. The number of pyridine rings is 1. The molecule has 3 aromatic carbocycles. The number of para-hydroxylation sites is 1. The number of ether oxygens (including phenoxy) is 1. The Bertz CT molecular complexity index is 1570. The minimum Gasteiger partial charge on any atom is -0.451 e. The molecular formula is C26H17F3N2O4. The van der Waals surface area contributed by atoms with Crippen LogP contribution < -0.4 is 15.6 Å². The molecule has 0 radical (unpaired) electrons. The molecule has 6 nitrogen and oxygen atoms in total. The molecule has 5 rings (SSSR count). The zero-order chi connectivity index (χ0) is 24.6. The fourth-order valence-electron chi connectivity index (χ4n) is 3.82. The van der Waals surface area contributed by atoms with Gasteiger partial charge in [-0.3, -0.25) is 9.59 Å². The lowest BCUT2D eigenvalue weighted by molar-refractivity contribution is -0.274. The van der Waals surface area contributed by atoms with Crippen molar-refractivity contribution in [3.8, 4) is 5.75 Å². The van der Waals surface area contributed by atoms with Gasteiger partial charge in [-0.1, -0.05) is 36.4 Å². The van der Waals surface area contributed by atoms with Gasteiger partial charge < -0.3 is 19.0 Å². The third-order valence-electron chi connectivity index (χ3n) is 5.43. The summed E-state index contributed by atoms with van der Waals surface area (Å²) in [6.45, 7) is 0.149. The van der Waals surface area contributed by atoms with Crippen molar-refractivity contribution in [2.45, 2.75) is 12.9 Å². The predicted molar refractivity (Wildman–Crippen MR) is 125 cm³/mol. The van der Waals surface area contributed by atoms with E-state index in [0.717, 1.165) is 5.39 Å². The van der Waals surface area contributed by atoms with E-state index in [1.165, 1.54) is 28.8 Å². The van der Waals surface area contributed by atoms with Crippen LogP contribution in [0.3, 0.4) is 0 Å². The Morgan fingerprint density at radius 3 is 2.46 bits per heavy atom. The summed E-state index contributed by atoms with van der Waals surface area (Å²) < 4.78 is 48.0. The molecule has 0 saturated carbocycles. The Morgan fingerprint density at radius 2 is 1.71 bits per heavy atom. The van der Waals surface area contributed by atoms with Crippen molar-refractivity contribution in [1.29, 1.82) is 0 Å². The number of halogens is 3. The highest BCUT2D eigenvalue weighted by molar-refractivity contribution is 6.09. The number of carbonyl (C=O) groups is 1. The number of furan rings is 1. The molecule has 0 bridgehead atoms. The van der Waals surface area contributed by atoms with Crippen molar-refractivity contribution in [2.24, 2.45) is 0 Å². The maximum absolute atomic E-state index is 13.1. The van der Waals surface area contributed by atoms with E-state index in [4.69, 9.17) is 4.42 Å². The highest BCUT2D eigenvalue weighted by atomic mass is 19.4. The van der Waals surface area contributed by atoms with Crippen molar-refractivity contribution in [1.82, 2.24) is 4.57 Å². The lowest BCUT2D eigenvalue weighted by atomic mass is 10.1. The normalized spacial score (nSPS) is 11.6. The van der Waals surface area contributed by atoms with Crippen LogP contribution in [0, 0.1) is 0 Å². The van der Waals surface area contributed by atoms with Crippen LogP contribution >= 0.6 is 0 Å². The molecule has 0 aliphatic carbocycles. The van der Waals surface area contributed by atoms with Crippen molar-refractivity contribution in [3.63, 3.8) is 0 Å². The number of hydrogen-bond donors (Lipinski definition) is 1. The fraction of sp³-hybridized carbons (Fsp3) is 0.0769. The molecule has 0 saturated heterocycles. The number of carbonyl (C=O) groups excluding carboxylic acids is 1. The van der Waals surface area contributed by atoms with Crippen molar-refractivity contribution in [3.05, 3.63) is 107 Å². The summed E-state index contributed by atoms with van der Waals surface area (Å²) in [5.41, 5.74) is 1.36. The molecule has 2 heterocycles. The first-order chi connectivity index (χ1) is 16.8. The maximum atomic E-state index is 13.1. The van der Waals surface area contributed by atoms with Crippen LogP contribution in [0.1, 0.15) is 16.1 Å². The second-order valence-electron chi connectivity index (χ2n) is 7.81. The number of aromatic nitrogens is 1. The van der Waals surface area contributed by atoms with Gasteiger partial charge >= 0.3 is 6.36 Å². The second-order valence-corrected chi connectivity index (χ2v) is 7.81. The molecule has 0 spiro atoms. The number of rotatable bonds is 5. The number of nitrogens with zero attached hydrogens (tertiary/aromatic N) is 1. The number of alkyl halides is 3. The Labute approximate surface area is 196 Å². The molecule has 9 heteroatoms. The number of hydrogen-bond acceptors (Lipinski definition) is 4. The average molecular weight is 478 g/mol. The summed E-state index contributed by atoms with van der Waals surface area (Å²) in [4.78, 5) is 25.8. The third-order valence-corrected chi connectivity index (χ3v) is 5.43. The van der Waals surface area contributed by atoms with E-state index in [9.17, 15) is 22.8 Å². The maximum Gasteiger partial charge on any atom is 0.573 e. The molecule has 1 N–H and O–H groups in total. The van der Waals surface area contributed by atoms with E-state index in [1.54, 1.807) is 42.6 Å². The summed E-state index contributed by atoms with van der Waals surface area (Å²) in [5, 5.41) is 4.53. The molecule has 35 heavy (non-hydrogen) atoms. The number of fused-ring (bicyclic) bond motifs is 2. The quantitative estimate of drug-likeness (QED) is 0.339. The van der Waals surface area contributed by atoms with E-state index in [2.05, 4.69) is 10.1 Å². The molecule has 0 aliphatic rings. The fourth-order valence-corrected chi connectivity index (χ4v) is 3.82. The van der Waals surface area contributed by atoms with Gasteiger partial charge in [0.15, 0.2) is 5.76 Å². The first kappa shape index (κ1) is 22.3. The van der Waals surface area contributed by atoms with Crippen LogP contribution in [0.4, 0.5) is 18.9 Å². The van der Waals surface area contributed by atoms with Gasteiger partial charge in [0.25, 0.3) is 11.5 Å². The molecule has 2 aromatic heterocycles. The lowest BCUT2D eigenvalue weighted by Crippen LogP contribution is -2.21. The van der Waals surface area contributed by atoms with E-state index >= 15 is 0 Å². The SMILES string of the molecule is O=C(Nc1cccc2c(=O)n(Cc3ccc(OC(F)(F)F)cc3)ccc12)c1cc2ccccc2o1. The number of nitrogens with one attached hydrogen (secondary N) is 1. The van der Waals surface area contributed by atoms with Crippen LogP contribution in [0.2, 0.25) is 0 Å². The van der Waals surface area contributed by atoms with Gasteiger partial charge in [0.1, 0.15) is 11.3 Å². The minimum absolute atomic E-state index is 0.148. The van der Waals surface area contributed by atoms with Crippen LogP contribution in [-0.2, 0) is 6.54 Å². The molecule has 0 atom stereocenters. The van der Waals surface area contributed by atoms with Gasteiger partial charge in [0, 0.05) is 28.0 Å². The Balaban J connectivity index is 1.39. The topological polar surface area (TPSA) is 73.5 Å². The highest BCUT2D eigenvalue weighted by Crippen LogP contribution is 2.25. The van der Waals surface area contributed by atoms with Gasteiger partial charge in [-0.25, -0.2) is 0 Å². The summed E-state index contributed by atoms with van der Waals surface area (Å²) in [6, 6.07) is 20.9. The lowest BCUT2D eigenvalue weighted by Gasteiger charge is -2.12. The van der Waals surface area contributed by atoms with E-state index in [0.29, 0.717) is 27.6 Å². The van der Waals surface area contributed by atoms with Gasteiger partial charge in [-0.15, -0.1) is 13.2 Å². The van der Waals surface area contributed by atoms with Crippen LogP contribution in [0.5, 0.6) is 5.75 Å². The summed E-state index contributed by atoms with van der Waals surface area (Å²) in [6.07, 6.45) is -3.20. The summed E-state index contributed by atoms with van der Waals surface area (Å²) in [5.74, 6) is -0.634. The van der Waals surface area contributed by atoms with Crippen LogP contribution in [-0.4, -0.2) is 16.8 Å². The van der Waals surface area contributed by atoms with Crippen LogP contribution in [0.15, 0.2) is 94.3 Å². The van der Waals surface area contributed by atoms with E-state index in [1.807, 2.05) is 18.2 Å². The zero-order valence-electron chi connectivity index (χ0n) is 18.0. The largest absolute Gasteiger partial charge is 0.573 e. The molecule has 0 unspecified atom stereocenters. The Hall–Kier alpha value is -4.53. The van der Waals surface area contributed by atoms with Crippen molar-refractivity contribution in [2.75, 3.05) is 5.32 Å². The number of amides is 1. The average Bonchev–Trinajstić information content (AvgIpc) is 3.26. The molecule has 176 valence electrons. The highest BCUT2D eigenvalue weighted by Gasteiger charge is 2.30. The molecule has 1 amide bonds. The molecule has 5 aromatic rings. The summed E-state index contributed by atoms with van der Waals surface area (Å²) >= 11 is 0. The van der Waals surface area contributed by atoms with Crippen LogP contribution in [0.25, 0.3) is 21.7 Å². The first-order valence-corrected chi connectivity index (χ1v) is 10.5. The number of benzene rings is 3. The van der Waals surface area contributed by atoms with Gasteiger partial charge in [0.2, 0.25) is 0 Å². The first-order valence-electron chi connectivity index (χ1n) is 10.5. The van der Waals surface area contributed by atoms with Gasteiger partial charge in [-0.2, -0.15) is 0 Å².